The van der Waals surface area contributed by atoms with E-state index in [-0.39, 0.29) is 24.6 Å². The van der Waals surface area contributed by atoms with Gasteiger partial charge in [-0.2, -0.15) is 0 Å². The number of anilines is 1. The number of unbranched alkanes of at least 4 members (excludes halogenated alkanes) is 3. The van der Waals surface area contributed by atoms with E-state index in [1.807, 2.05) is 24.3 Å². The topological polar surface area (TPSA) is 50.8 Å². The van der Waals surface area contributed by atoms with E-state index in [9.17, 15) is 4.79 Å². The lowest BCUT2D eigenvalue weighted by atomic mass is 9.91. The van der Waals surface area contributed by atoms with Crippen molar-refractivity contribution in [2.75, 3.05) is 25.0 Å². The van der Waals surface area contributed by atoms with E-state index >= 15 is 0 Å². The molecule has 1 saturated carbocycles. The van der Waals surface area contributed by atoms with Crippen molar-refractivity contribution in [3.8, 4) is 5.75 Å². The lowest BCUT2D eigenvalue weighted by Gasteiger charge is -2.38. The highest BCUT2D eigenvalue weighted by atomic mass is 35.5. The highest BCUT2D eigenvalue weighted by Gasteiger charge is 2.31. The minimum Gasteiger partial charge on any atom is -0.494 e. The van der Waals surface area contributed by atoms with E-state index in [2.05, 4.69) is 31.0 Å². The lowest BCUT2D eigenvalue weighted by Crippen LogP contribution is -2.47. The van der Waals surface area contributed by atoms with Crippen molar-refractivity contribution in [1.29, 1.82) is 0 Å². The zero-order valence-corrected chi connectivity index (χ0v) is 19.1. The van der Waals surface area contributed by atoms with Crippen LogP contribution in [0.5, 0.6) is 5.75 Å². The molecular formula is C23H39ClN2O3. The summed E-state index contributed by atoms with van der Waals surface area (Å²) in [4.78, 5) is 14.9. The van der Waals surface area contributed by atoms with E-state index in [0.717, 1.165) is 44.5 Å². The summed E-state index contributed by atoms with van der Waals surface area (Å²) in [6, 6.07) is 7.88. The maximum Gasteiger partial charge on any atom is 0.411 e. The Morgan fingerprint density at radius 3 is 2.59 bits per heavy atom. The van der Waals surface area contributed by atoms with Crippen LogP contribution >= 0.6 is 12.4 Å². The van der Waals surface area contributed by atoms with Gasteiger partial charge in [-0.3, -0.25) is 10.2 Å². The summed E-state index contributed by atoms with van der Waals surface area (Å²) in [6.07, 6.45) is 8.67. The molecule has 0 unspecified atom stereocenters. The second-order valence-corrected chi connectivity index (χ2v) is 7.58. The van der Waals surface area contributed by atoms with Gasteiger partial charge in [0, 0.05) is 17.8 Å². The Hall–Kier alpha value is -1.46. The van der Waals surface area contributed by atoms with Gasteiger partial charge in [0.25, 0.3) is 0 Å². The van der Waals surface area contributed by atoms with E-state index in [1.165, 1.54) is 25.7 Å². The molecule has 1 aliphatic rings. The number of hydrogen-bond donors (Lipinski definition) is 1. The number of carbonyl (C=O) groups excluding carboxylic acids is 1. The molecule has 1 amide bonds. The normalized spacial score (nSPS) is 18.8. The fraction of sp³-hybridized carbons (Fsp3) is 0.696. The number of carbonyl (C=O) groups is 1. The summed E-state index contributed by atoms with van der Waals surface area (Å²) < 4.78 is 11.6. The number of likely N-dealkylation sites (N-methyl/N-ethyl adjacent to an activating group) is 1. The molecule has 0 radical (unpaired) electrons. The minimum atomic E-state index is -0.371. The Labute approximate surface area is 182 Å². The Bertz CT molecular complexity index is 581. The summed E-state index contributed by atoms with van der Waals surface area (Å²) in [6.45, 7) is 9.22. The van der Waals surface area contributed by atoms with Crippen molar-refractivity contribution in [3.05, 3.63) is 24.3 Å². The third-order valence-electron chi connectivity index (χ3n) is 5.55. The van der Waals surface area contributed by atoms with Gasteiger partial charge in [-0.25, -0.2) is 4.79 Å². The van der Waals surface area contributed by atoms with Crippen LogP contribution in [0.4, 0.5) is 10.5 Å². The molecule has 1 N–H and O–H groups in total. The van der Waals surface area contributed by atoms with Crippen molar-refractivity contribution in [3.63, 3.8) is 0 Å². The third kappa shape index (κ3) is 8.83. The lowest BCUT2D eigenvalue weighted by molar-refractivity contribution is 0.0125. The van der Waals surface area contributed by atoms with E-state index in [4.69, 9.17) is 9.47 Å². The molecule has 0 bridgehead atoms. The van der Waals surface area contributed by atoms with Crippen LogP contribution in [0.25, 0.3) is 0 Å². The summed E-state index contributed by atoms with van der Waals surface area (Å²) in [5, 5.41) is 2.88. The van der Waals surface area contributed by atoms with Gasteiger partial charge in [-0.1, -0.05) is 52.5 Å². The Balaban J connectivity index is 0.00000420. The smallest absolute Gasteiger partial charge is 0.411 e. The second kappa shape index (κ2) is 14.5. The molecule has 0 aromatic heterocycles. The zero-order chi connectivity index (χ0) is 20.2. The number of halogens is 1. The van der Waals surface area contributed by atoms with Crippen LogP contribution in [0.15, 0.2) is 24.3 Å². The maximum absolute atomic E-state index is 12.5. The number of ether oxygens (including phenoxy) is 2. The molecule has 0 aliphatic heterocycles. The first-order valence-corrected chi connectivity index (χ1v) is 11.1. The molecule has 166 valence electrons. The van der Waals surface area contributed by atoms with Crippen LogP contribution in [0.1, 0.15) is 72.1 Å². The fourth-order valence-corrected chi connectivity index (χ4v) is 3.99. The van der Waals surface area contributed by atoms with Crippen molar-refractivity contribution in [2.24, 2.45) is 0 Å². The third-order valence-corrected chi connectivity index (χ3v) is 5.55. The zero-order valence-electron chi connectivity index (χ0n) is 18.3. The van der Waals surface area contributed by atoms with E-state index in [0.29, 0.717) is 18.3 Å². The number of benzene rings is 1. The van der Waals surface area contributed by atoms with Gasteiger partial charge in [-0.15, -0.1) is 12.4 Å². The number of amides is 1. The number of nitrogens with zero attached hydrogens (tertiary/aromatic N) is 1. The molecule has 1 aliphatic carbocycles. The largest absolute Gasteiger partial charge is 0.494 e. The molecular weight excluding hydrogens is 388 g/mol. The standard InChI is InChI=1S/C23H38N2O3.ClH/c1-4-7-8-11-17-27-20-14-12-13-19(18-20)24-23(26)28-22-16-10-9-15-21(22)25(5-2)6-3;/h12-14,18,21-22H,4-11,15-17H2,1-3H3,(H,24,26);1H/t21-,22-;/m1./s1. The molecule has 6 heteroatoms. The predicted molar refractivity (Wildman–Crippen MR) is 122 cm³/mol. The van der Waals surface area contributed by atoms with Crippen LogP contribution in [0, 0.1) is 0 Å². The van der Waals surface area contributed by atoms with Gasteiger partial charge >= 0.3 is 6.09 Å². The molecule has 5 nitrogen and oxygen atoms in total. The van der Waals surface area contributed by atoms with E-state index < -0.39 is 0 Å². The fourth-order valence-electron chi connectivity index (χ4n) is 3.99. The van der Waals surface area contributed by atoms with Gasteiger partial charge in [-0.05, 0) is 50.9 Å². The predicted octanol–water partition coefficient (Wildman–Crippen LogP) is 6.27. The summed E-state index contributed by atoms with van der Waals surface area (Å²) >= 11 is 0. The number of rotatable bonds is 11. The molecule has 0 heterocycles. The second-order valence-electron chi connectivity index (χ2n) is 7.58. The van der Waals surface area contributed by atoms with Crippen LogP contribution in [0.2, 0.25) is 0 Å². The van der Waals surface area contributed by atoms with Crippen LogP contribution < -0.4 is 10.1 Å². The Morgan fingerprint density at radius 2 is 1.86 bits per heavy atom. The molecule has 2 rings (SSSR count). The van der Waals surface area contributed by atoms with Crippen LogP contribution in [0.3, 0.4) is 0 Å². The van der Waals surface area contributed by atoms with Crippen molar-refractivity contribution >= 4 is 24.2 Å². The monoisotopic (exact) mass is 426 g/mol. The Kier molecular flexibility index (Phi) is 12.8. The van der Waals surface area contributed by atoms with Gasteiger partial charge < -0.3 is 9.47 Å². The summed E-state index contributed by atoms with van der Waals surface area (Å²) in [5.74, 6) is 0.785. The molecule has 1 aromatic rings. The molecule has 1 fully saturated rings. The number of hydrogen-bond acceptors (Lipinski definition) is 4. The maximum atomic E-state index is 12.5. The highest BCUT2D eigenvalue weighted by Crippen LogP contribution is 2.26. The van der Waals surface area contributed by atoms with Crippen LogP contribution in [-0.2, 0) is 4.74 Å². The SMILES string of the molecule is CCCCCCOc1cccc(NC(=O)O[C@@H]2CCCC[C@H]2N(CC)CC)c1.Cl. The van der Waals surface area contributed by atoms with E-state index in [1.54, 1.807) is 0 Å². The molecule has 0 spiro atoms. The average molecular weight is 427 g/mol. The summed E-state index contributed by atoms with van der Waals surface area (Å²) in [7, 11) is 0. The first-order valence-electron chi connectivity index (χ1n) is 11.1. The van der Waals surface area contributed by atoms with Crippen molar-refractivity contribution in [1.82, 2.24) is 4.90 Å². The van der Waals surface area contributed by atoms with Gasteiger partial charge in [0.1, 0.15) is 11.9 Å². The first kappa shape index (κ1) is 25.6. The molecule has 0 saturated heterocycles. The first-order chi connectivity index (χ1) is 13.7. The summed E-state index contributed by atoms with van der Waals surface area (Å²) in [5.41, 5.74) is 0.714. The quantitative estimate of drug-likeness (QED) is 0.423. The van der Waals surface area contributed by atoms with Gasteiger partial charge in [0.2, 0.25) is 0 Å². The Morgan fingerprint density at radius 1 is 1.10 bits per heavy atom. The molecule has 1 aromatic carbocycles. The van der Waals surface area contributed by atoms with Gasteiger partial charge in [0.15, 0.2) is 0 Å². The van der Waals surface area contributed by atoms with Crippen LogP contribution in [-0.4, -0.2) is 42.8 Å². The average Bonchev–Trinajstić information content (AvgIpc) is 2.70. The number of nitrogens with one attached hydrogen (secondary N) is 1. The van der Waals surface area contributed by atoms with Gasteiger partial charge in [0.05, 0.1) is 6.61 Å². The van der Waals surface area contributed by atoms with Crippen molar-refractivity contribution in [2.45, 2.75) is 84.3 Å². The van der Waals surface area contributed by atoms with Crippen molar-refractivity contribution < 1.29 is 14.3 Å². The molecule has 2 atom stereocenters. The highest BCUT2D eigenvalue weighted by molar-refractivity contribution is 5.85. The molecule has 29 heavy (non-hydrogen) atoms. The minimum absolute atomic E-state index is 0.